The van der Waals surface area contributed by atoms with Crippen LogP contribution in [0.4, 0.5) is 4.79 Å². The molecule has 2 unspecified atom stereocenters. The lowest BCUT2D eigenvalue weighted by Gasteiger charge is -2.51. The number of nitrogens with one attached hydrogen (secondary N) is 2. The van der Waals surface area contributed by atoms with Crippen LogP contribution in [0.15, 0.2) is 30.7 Å². The summed E-state index contributed by atoms with van der Waals surface area (Å²) in [6.45, 7) is 4.63. The fourth-order valence-corrected chi connectivity index (χ4v) is 3.74. The number of urea groups is 1. The maximum Gasteiger partial charge on any atom is 0.321 e. The second-order valence-corrected chi connectivity index (χ2v) is 5.99. The zero-order chi connectivity index (χ0) is 16.0. The molecule has 6 nitrogen and oxygen atoms in total. The van der Waals surface area contributed by atoms with E-state index in [1.807, 2.05) is 19.1 Å². The average molecular weight is 312 g/mol. The summed E-state index contributed by atoms with van der Waals surface area (Å²) in [6, 6.07) is 5.99. The van der Waals surface area contributed by atoms with E-state index in [0.717, 1.165) is 29.0 Å². The Morgan fingerprint density at radius 1 is 1.43 bits per heavy atom. The zero-order valence-electron chi connectivity index (χ0n) is 13.3. The predicted octanol–water partition coefficient (Wildman–Crippen LogP) is 2.69. The number of rotatable bonds is 3. The Hall–Kier alpha value is -2.50. The number of aryl methyl sites for hydroxylation is 1. The molecule has 23 heavy (non-hydrogen) atoms. The maximum absolute atomic E-state index is 12.6. The Kier molecular flexibility index (Phi) is 3.07. The van der Waals surface area contributed by atoms with Gasteiger partial charge in [-0.3, -0.25) is 4.90 Å². The quantitative estimate of drug-likeness (QED) is 0.915. The number of fused-ring (bicyclic) bond motifs is 4. The van der Waals surface area contributed by atoms with Gasteiger partial charge in [-0.15, -0.1) is 0 Å². The van der Waals surface area contributed by atoms with Gasteiger partial charge in [0, 0.05) is 18.5 Å². The lowest BCUT2D eigenvalue weighted by atomic mass is 9.86. The summed E-state index contributed by atoms with van der Waals surface area (Å²) in [7, 11) is 0. The number of carbonyl (C=O) groups excluding carboxylic acids is 1. The van der Waals surface area contributed by atoms with Crippen molar-refractivity contribution in [3.05, 3.63) is 47.5 Å². The number of benzene rings is 1. The topological polar surface area (TPSA) is 70.2 Å². The number of nitrogens with zero attached hydrogens (tertiary/aromatic N) is 2. The smallest absolute Gasteiger partial charge is 0.321 e. The molecule has 2 atom stereocenters. The minimum Gasteiger partial charge on any atom is -0.461 e. The van der Waals surface area contributed by atoms with Crippen LogP contribution in [0.2, 0.25) is 0 Å². The van der Waals surface area contributed by atoms with Gasteiger partial charge >= 0.3 is 6.03 Å². The number of amides is 2. The van der Waals surface area contributed by atoms with Gasteiger partial charge in [0.25, 0.3) is 0 Å². The second-order valence-electron chi connectivity index (χ2n) is 5.99. The molecule has 0 radical (unpaired) electrons. The van der Waals surface area contributed by atoms with Crippen LogP contribution < -0.4 is 10.1 Å². The molecule has 120 valence electrons. The van der Waals surface area contributed by atoms with Gasteiger partial charge in [0.15, 0.2) is 0 Å². The van der Waals surface area contributed by atoms with Gasteiger partial charge < -0.3 is 15.0 Å². The number of imidazole rings is 1. The van der Waals surface area contributed by atoms with Gasteiger partial charge in [0.05, 0.1) is 18.6 Å². The van der Waals surface area contributed by atoms with Crippen LogP contribution in [0.25, 0.3) is 0 Å². The molecule has 2 aliphatic heterocycles. The molecule has 2 amide bonds. The van der Waals surface area contributed by atoms with E-state index in [9.17, 15) is 4.79 Å². The third-order valence-corrected chi connectivity index (χ3v) is 4.85. The number of hydrogen-bond donors (Lipinski definition) is 2. The Balaban J connectivity index is 1.93. The van der Waals surface area contributed by atoms with Crippen molar-refractivity contribution in [1.29, 1.82) is 0 Å². The summed E-state index contributed by atoms with van der Waals surface area (Å²) < 4.78 is 6.52. The molecule has 0 saturated carbocycles. The number of ether oxygens (including phenoxy) is 1. The summed E-state index contributed by atoms with van der Waals surface area (Å²) >= 11 is 0. The summed E-state index contributed by atoms with van der Waals surface area (Å²) in [4.78, 5) is 21.6. The third kappa shape index (κ3) is 1.87. The van der Waals surface area contributed by atoms with Gasteiger partial charge in [-0.1, -0.05) is 25.1 Å². The van der Waals surface area contributed by atoms with Gasteiger partial charge in [-0.25, -0.2) is 9.78 Å². The molecular weight excluding hydrogens is 292 g/mol. The number of aromatic amines is 1. The Morgan fingerprint density at radius 3 is 3.00 bits per heavy atom. The molecule has 2 bridgehead atoms. The maximum atomic E-state index is 12.6. The largest absolute Gasteiger partial charge is 0.461 e. The predicted molar refractivity (Wildman–Crippen MR) is 85.0 cm³/mol. The summed E-state index contributed by atoms with van der Waals surface area (Å²) in [5.74, 6) is 0.888. The van der Waals surface area contributed by atoms with Crippen LogP contribution in [-0.2, 0) is 12.1 Å². The summed E-state index contributed by atoms with van der Waals surface area (Å²) in [5.41, 5.74) is 2.21. The normalized spacial score (nSPS) is 25.6. The van der Waals surface area contributed by atoms with E-state index in [2.05, 4.69) is 28.3 Å². The number of aromatic nitrogens is 2. The van der Waals surface area contributed by atoms with Crippen LogP contribution in [-0.4, -0.2) is 27.4 Å². The van der Waals surface area contributed by atoms with E-state index in [1.54, 1.807) is 17.4 Å². The Bertz CT molecular complexity index is 743. The molecule has 2 aromatic rings. The van der Waals surface area contributed by atoms with Crippen molar-refractivity contribution in [1.82, 2.24) is 20.2 Å². The molecule has 1 saturated heterocycles. The first-order chi connectivity index (χ1) is 11.2. The lowest BCUT2D eigenvalue weighted by molar-refractivity contribution is -0.106. The first-order valence-corrected chi connectivity index (χ1v) is 8.07. The van der Waals surface area contributed by atoms with E-state index in [4.69, 9.17) is 4.74 Å². The number of carbonyl (C=O) groups is 1. The highest BCUT2D eigenvalue weighted by Gasteiger charge is 2.54. The van der Waals surface area contributed by atoms with Gasteiger partial charge in [-0.2, -0.15) is 0 Å². The third-order valence-electron chi connectivity index (χ3n) is 4.85. The SMILES string of the molecule is CCc1cccc2c1OC1(c3cnc[nH]3)CC2NC(=O)N1CC. The fourth-order valence-electron chi connectivity index (χ4n) is 3.74. The highest BCUT2D eigenvalue weighted by Crippen LogP contribution is 2.49. The molecule has 0 aliphatic carbocycles. The number of hydrogen-bond acceptors (Lipinski definition) is 3. The molecule has 0 spiro atoms. The average Bonchev–Trinajstić information content (AvgIpc) is 3.09. The van der Waals surface area contributed by atoms with Crippen LogP contribution in [0.1, 0.15) is 43.1 Å². The van der Waals surface area contributed by atoms with Gasteiger partial charge in [0.2, 0.25) is 5.72 Å². The van der Waals surface area contributed by atoms with E-state index in [1.165, 1.54) is 0 Å². The van der Waals surface area contributed by atoms with Crippen LogP contribution in [0, 0.1) is 0 Å². The second kappa shape index (κ2) is 5.01. The van der Waals surface area contributed by atoms with E-state index in [0.29, 0.717) is 13.0 Å². The first-order valence-electron chi connectivity index (χ1n) is 8.07. The minimum absolute atomic E-state index is 0.0520. The molecular formula is C17H20N4O2. The highest BCUT2D eigenvalue weighted by molar-refractivity contribution is 5.77. The molecule has 1 aromatic carbocycles. The van der Waals surface area contributed by atoms with Crippen LogP contribution >= 0.6 is 0 Å². The van der Waals surface area contributed by atoms with Crippen LogP contribution in [0.3, 0.4) is 0 Å². The summed E-state index contributed by atoms with van der Waals surface area (Å²) in [5, 5.41) is 3.12. The van der Waals surface area contributed by atoms with Crippen molar-refractivity contribution in [3.8, 4) is 5.75 Å². The van der Waals surface area contributed by atoms with E-state index >= 15 is 0 Å². The van der Waals surface area contributed by atoms with Gasteiger partial charge in [0.1, 0.15) is 11.4 Å². The molecule has 1 aromatic heterocycles. The fraction of sp³-hybridized carbons (Fsp3) is 0.412. The van der Waals surface area contributed by atoms with Crippen molar-refractivity contribution in [2.45, 2.75) is 38.5 Å². The number of para-hydroxylation sites is 1. The van der Waals surface area contributed by atoms with Crippen molar-refractivity contribution >= 4 is 6.03 Å². The van der Waals surface area contributed by atoms with Crippen molar-refractivity contribution in [2.75, 3.05) is 6.54 Å². The number of H-pyrrole nitrogens is 1. The molecule has 4 rings (SSSR count). The van der Waals surface area contributed by atoms with Crippen LogP contribution in [0.5, 0.6) is 5.75 Å². The molecule has 3 heterocycles. The molecule has 1 fully saturated rings. The zero-order valence-corrected chi connectivity index (χ0v) is 13.3. The van der Waals surface area contributed by atoms with E-state index in [-0.39, 0.29) is 12.1 Å². The Labute approximate surface area is 134 Å². The minimum atomic E-state index is -0.823. The van der Waals surface area contributed by atoms with Crippen molar-refractivity contribution in [3.63, 3.8) is 0 Å². The standard InChI is InChI=1S/C17H20N4O2/c1-3-11-6-5-7-12-13-8-17(23-15(11)12,14-9-18-10-19-14)21(4-2)16(22)20-13/h5-7,9-10,13H,3-4,8H2,1-2H3,(H,18,19)(H,20,22). The van der Waals surface area contributed by atoms with Crippen molar-refractivity contribution in [2.24, 2.45) is 0 Å². The first kappa shape index (κ1) is 14.1. The van der Waals surface area contributed by atoms with Crippen molar-refractivity contribution < 1.29 is 9.53 Å². The highest BCUT2D eigenvalue weighted by atomic mass is 16.5. The monoisotopic (exact) mass is 312 g/mol. The molecule has 2 N–H and O–H groups in total. The Morgan fingerprint density at radius 2 is 2.30 bits per heavy atom. The molecule has 2 aliphatic rings. The molecule has 6 heteroatoms. The van der Waals surface area contributed by atoms with E-state index < -0.39 is 5.72 Å². The van der Waals surface area contributed by atoms with Gasteiger partial charge in [-0.05, 0) is 18.9 Å². The lowest BCUT2D eigenvalue weighted by Crippen LogP contribution is -2.64. The summed E-state index contributed by atoms with van der Waals surface area (Å²) in [6.07, 6.45) is 4.92.